The summed E-state index contributed by atoms with van der Waals surface area (Å²) in [6.07, 6.45) is 9.74. The van der Waals surface area contributed by atoms with Gasteiger partial charge in [0.15, 0.2) is 0 Å². The first-order valence-corrected chi connectivity index (χ1v) is 7.63. The molecule has 1 aromatic carbocycles. The molecule has 0 heterocycles. The molecule has 108 valence electrons. The normalized spacial score (nSPS) is 21.6. The van der Waals surface area contributed by atoms with Crippen molar-refractivity contribution in [3.05, 3.63) is 48.0 Å². The van der Waals surface area contributed by atoms with Gasteiger partial charge in [-0.3, -0.25) is 4.79 Å². The maximum atomic E-state index is 12.5. The Labute approximate surface area is 121 Å². The van der Waals surface area contributed by atoms with E-state index in [2.05, 4.69) is 31.2 Å². The monoisotopic (exact) mass is 272 g/mol. The van der Waals surface area contributed by atoms with E-state index < -0.39 is 0 Å². The van der Waals surface area contributed by atoms with Gasteiger partial charge in [-0.2, -0.15) is 0 Å². The minimum Gasteiger partial charge on any atom is -0.465 e. The molecule has 0 saturated carbocycles. The minimum atomic E-state index is -0.357. The van der Waals surface area contributed by atoms with Gasteiger partial charge in [0.25, 0.3) is 0 Å². The Bertz CT molecular complexity index is 450. The molecule has 0 amide bonds. The van der Waals surface area contributed by atoms with Crippen LogP contribution in [0.25, 0.3) is 0 Å². The second-order valence-corrected chi connectivity index (χ2v) is 5.65. The van der Waals surface area contributed by atoms with Crippen LogP contribution in [0.4, 0.5) is 0 Å². The van der Waals surface area contributed by atoms with Crippen molar-refractivity contribution in [3.8, 4) is 0 Å². The Kier molecular flexibility index (Phi) is 5.40. The predicted molar refractivity (Wildman–Crippen MR) is 81.4 cm³/mol. The molecule has 1 aliphatic rings. The first-order valence-electron chi connectivity index (χ1n) is 7.63. The topological polar surface area (TPSA) is 26.3 Å². The van der Waals surface area contributed by atoms with Crippen LogP contribution in [0.15, 0.2) is 42.5 Å². The summed E-state index contributed by atoms with van der Waals surface area (Å²) in [6.45, 7) is 2.66. The molecule has 1 atom stereocenters. The van der Waals surface area contributed by atoms with Gasteiger partial charge in [-0.05, 0) is 37.7 Å². The molecule has 1 aliphatic carbocycles. The summed E-state index contributed by atoms with van der Waals surface area (Å²) in [6, 6.07) is 10.3. The number of rotatable bonds is 6. The van der Waals surface area contributed by atoms with Crippen LogP contribution in [0, 0.1) is 5.41 Å². The van der Waals surface area contributed by atoms with E-state index in [0.717, 1.165) is 38.5 Å². The van der Waals surface area contributed by atoms with Gasteiger partial charge in [-0.25, -0.2) is 0 Å². The predicted octanol–water partition coefficient (Wildman–Crippen LogP) is 4.30. The molecule has 2 rings (SSSR count). The summed E-state index contributed by atoms with van der Waals surface area (Å²) in [5.74, 6) is -0.0147. The molecular weight excluding hydrogens is 248 g/mol. The molecule has 0 saturated heterocycles. The van der Waals surface area contributed by atoms with Gasteiger partial charge < -0.3 is 4.74 Å². The van der Waals surface area contributed by atoms with Crippen molar-refractivity contribution in [2.75, 3.05) is 6.61 Å². The van der Waals surface area contributed by atoms with Crippen LogP contribution in [0.5, 0.6) is 0 Å². The number of carbonyl (C=O) groups excluding carboxylic acids is 1. The SMILES string of the molecule is CCCCOC(=O)C1(Cc2ccccc2)CC=CCC1. The van der Waals surface area contributed by atoms with Gasteiger partial charge >= 0.3 is 5.97 Å². The largest absolute Gasteiger partial charge is 0.465 e. The number of carbonyl (C=O) groups is 1. The highest BCUT2D eigenvalue weighted by Gasteiger charge is 2.39. The summed E-state index contributed by atoms with van der Waals surface area (Å²) in [5, 5.41) is 0. The van der Waals surface area contributed by atoms with Gasteiger partial charge in [-0.1, -0.05) is 55.8 Å². The maximum absolute atomic E-state index is 12.5. The first-order chi connectivity index (χ1) is 9.77. The van der Waals surface area contributed by atoms with Crippen molar-refractivity contribution in [1.82, 2.24) is 0 Å². The van der Waals surface area contributed by atoms with Gasteiger partial charge in [0, 0.05) is 0 Å². The third-order valence-corrected chi connectivity index (χ3v) is 4.01. The van der Waals surface area contributed by atoms with Crippen LogP contribution in [0.3, 0.4) is 0 Å². The fraction of sp³-hybridized carbons (Fsp3) is 0.500. The molecule has 2 nitrogen and oxygen atoms in total. The van der Waals surface area contributed by atoms with Crippen LogP contribution >= 0.6 is 0 Å². The van der Waals surface area contributed by atoms with E-state index in [1.165, 1.54) is 5.56 Å². The zero-order valence-electron chi connectivity index (χ0n) is 12.3. The lowest BCUT2D eigenvalue weighted by molar-refractivity contribution is -0.156. The second-order valence-electron chi connectivity index (χ2n) is 5.65. The third-order valence-electron chi connectivity index (χ3n) is 4.01. The molecule has 0 radical (unpaired) electrons. The molecule has 0 fully saturated rings. The lowest BCUT2D eigenvalue weighted by Crippen LogP contribution is -2.36. The lowest BCUT2D eigenvalue weighted by Gasteiger charge is -2.32. The molecule has 0 N–H and O–H groups in total. The van der Waals surface area contributed by atoms with Crippen LogP contribution in [0.2, 0.25) is 0 Å². The van der Waals surface area contributed by atoms with E-state index in [-0.39, 0.29) is 11.4 Å². The van der Waals surface area contributed by atoms with Crippen LogP contribution in [-0.4, -0.2) is 12.6 Å². The van der Waals surface area contributed by atoms with E-state index in [9.17, 15) is 4.79 Å². The van der Waals surface area contributed by atoms with Gasteiger partial charge in [0.2, 0.25) is 0 Å². The average Bonchev–Trinajstić information content (AvgIpc) is 2.49. The molecule has 20 heavy (non-hydrogen) atoms. The van der Waals surface area contributed by atoms with E-state index in [0.29, 0.717) is 6.61 Å². The van der Waals surface area contributed by atoms with E-state index in [1.54, 1.807) is 0 Å². The highest BCUT2D eigenvalue weighted by Crippen LogP contribution is 2.37. The number of hydrogen-bond acceptors (Lipinski definition) is 2. The van der Waals surface area contributed by atoms with Crippen molar-refractivity contribution in [3.63, 3.8) is 0 Å². The number of ether oxygens (including phenoxy) is 1. The molecule has 0 aliphatic heterocycles. The van der Waals surface area contributed by atoms with Crippen LogP contribution < -0.4 is 0 Å². The molecular formula is C18H24O2. The Morgan fingerprint density at radius 2 is 2.05 bits per heavy atom. The van der Waals surface area contributed by atoms with E-state index in [1.807, 2.05) is 18.2 Å². The fourth-order valence-electron chi connectivity index (χ4n) is 2.76. The van der Waals surface area contributed by atoms with Crippen molar-refractivity contribution < 1.29 is 9.53 Å². The maximum Gasteiger partial charge on any atom is 0.312 e. The second kappa shape index (κ2) is 7.28. The number of hydrogen-bond donors (Lipinski definition) is 0. The minimum absolute atomic E-state index is 0.0147. The van der Waals surface area contributed by atoms with Crippen molar-refractivity contribution in [2.45, 2.75) is 45.4 Å². The Morgan fingerprint density at radius 1 is 1.25 bits per heavy atom. The van der Waals surface area contributed by atoms with Crippen molar-refractivity contribution >= 4 is 5.97 Å². The van der Waals surface area contributed by atoms with Gasteiger partial charge in [-0.15, -0.1) is 0 Å². The Morgan fingerprint density at radius 3 is 2.70 bits per heavy atom. The van der Waals surface area contributed by atoms with Gasteiger partial charge in [0.1, 0.15) is 0 Å². The molecule has 1 unspecified atom stereocenters. The highest BCUT2D eigenvalue weighted by atomic mass is 16.5. The summed E-state index contributed by atoms with van der Waals surface area (Å²) < 4.78 is 5.52. The summed E-state index contributed by atoms with van der Waals surface area (Å²) in [5.41, 5.74) is 0.861. The molecule has 0 bridgehead atoms. The quantitative estimate of drug-likeness (QED) is 0.438. The number of allylic oxidation sites excluding steroid dienone is 2. The smallest absolute Gasteiger partial charge is 0.312 e. The number of esters is 1. The van der Waals surface area contributed by atoms with Gasteiger partial charge in [0.05, 0.1) is 12.0 Å². The number of benzene rings is 1. The summed E-state index contributed by atoms with van der Waals surface area (Å²) in [7, 11) is 0. The van der Waals surface area contributed by atoms with Crippen LogP contribution in [0.1, 0.15) is 44.6 Å². The van der Waals surface area contributed by atoms with Crippen molar-refractivity contribution in [2.24, 2.45) is 5.41 Å². The molecule has 0 aromatic heterocycles. The highest BCUT2D eigenvalue weighted by molar-refractivity contribution is 5.77. The number of unbranched alkanes of at least 4 members (excludes halogenated alkanes) is 1. The zero-order valence-corrected chi connectivity index (χ0v) is 12.3. The average molecular weight is 272 g/mol. The summed E-state index contributed by atoms with van der Waals surface area (Å²) in [4.78, 5) is 12.5. The van der Waals surface area contributed by atoms with E-state index in [4.69, 9.17) is 4.74 Å². The zero-order chi connectivity index (χ0) is 14.3. The molecule has 1 aromatic rings. The van der Waals surface area contributed by atoms with E-state index >= 15 is 0 Å². The summed E-state index contributed by atoms with van der Waals surface area (Å²) >= 11 is 0. The van der Waals surface area contributed by atoms with Crippen molar-refractivity contribution in [1.29, 1.82) is 0 Å². The first kappa shape index (κ1) is 14.8. The molecule has 2 heteroatoms. The Balaban J connectivity index is 2.09. The standard InChI is InChI=1S/C18H24O2/c1-2-3-14-20-17(19)18(12-8-5-9-13-18)15-16-10-6-4-7-11-16/h4-8,10-11H,2-3,9,12-15H2,1H3. The Hall–Kier alpha value is -1.57. The van der Waals surface area contributed by atoms with Crippen LogP contribution in [-0.2, 0) is 16.0 Å². The molecule has 0 spiro atoms. The lowest BCUT2D eigenvalue weighted by atomic mass is 9.73. The third kappa shape index (κ3) is 3.72. The fourth-order valence-corrected chi connectivity index (χ4v) is 2.76.